The number of halogens is 6. The molecule has 0 aliphatic carbocycles. The Kier molecular flexibility index (Phi) is 5.46. The largest absolute Gasteiger partial charge is 0.496 e. The number of benzene rings is 1. The summed E-state index contributed by atoms with van der Waals surface area (Å²) in [6, 6.07) is 4.04. The Morgan fingerprint density at radius 3 is 2.10 bits per heavy atom. The minimum absolute atomic E-state index is 0.0268. The zero-order valence-corrected chi connectivity index (χ0v) is 10.9. The fourth-order valence-electron chi connectivity index (χ4n) is 1.64. The van der Waals surface area contributed by atoms with Gasteiger partial charge in [-0.2, -0.15) is 26.3 Å². The highest BCUT2D eigenvalue weighted by molar-refractivity contribution is 5.36. The van der Waals surface area contributed by atoms with E-state index in [4.69, 9.17) is 10.5 Å². The number of ether oxygens (including phenoxy) is 2. The fourth-order valence-corrected chi connectivity index (χ4v) is 1.64. The topological polar surface area (TPSA) is 44.5 Å². The Morgan fingerprint density at radius 1 is 1.10 bits per heavy atom. The molecule has 0 unspecified atom stereocenters. The SMILES string of the molecule is COc1ccc(COC(C(F)(F)F)C(F)(F)F)cc1CN. The van der Waals surface area contributed by atoms with Gasteiger partial charge in [-0.15, -0.1) is 0 Å². The number of alkyl halides is 6. The van der Waals surface area contributed by atoms with Crippen molar-refractivity contribution in [1.29, 1.82) is 0 Å². The van der Waals surface area contributed by atoms with Crippen LogP contribution in [0.5, 0.6) is 5.75 Å². The van der Waals surface area contributed by atoms with Crippen LogP contribution in [0.4, 0.5) is 26.3 Å². The molecule has 0 spiro atoms. The molecule has 3 nitrogen and oxygen atoms in total. The van der Waals surface area contributed by atoms with Crippen LogP contribution in [0, 0.1) is 0 Å². The number of methoxy groups -OCH3 is 1. The van der Waals surface area contributed by atoms with Gasteiger partial charge in [0.05, 0.1) is 13.7 Å². The van der Waals surface area contributed by atoms with E-state index in [9.17, 15) is 26.3 Å². The lowest BCUT2D eigenvalue weighted by atomic mass is 10.1. The number of hydrogen-bond donors (Lipinski definition) is 1. The molecule has 9 heteroatoms. The fraction of sp³-hybridized carbons (Fsp3) is 0.500. The molecule has 1 rings (SSSR count). The molecule has 120 valence electrons. The number of nitrogens with two attached hydrogens (primary N) is 1. The molecule has 1 aromatic carbocycles. The first kappa shape index (κ1) is 17.6. The third-order valence-corrected chi connectivity index (χ3v) is 2.58. The quantitative estimate of drug-likeness (QED) is 0.849. The van der Waals surface area contributed by atoms with Crippen molar-refractivity contribution in [3.05, 3.63) is 29.3 Å². The lowest BCUT2D eigenvalue weighted by Crippen LogP contribution is -2.44. The molecular formula is C12H13F6NO2. The molecule has 0 saturated carbocycles. The van der Waals surface area contributed by atoms with Crippen LogP contribution in [0.1, 0.15) is 11.1 Å². The van der Waals surface area contributed by atoms with E-state index in [2.05, 4.69) is 4.74 Å². The predicted octanol–water partition coefficient (Wildman–Crippen LogP) is 3.16. The number of rotatable bonds is 5. The van der Waals surface area contributed by atoms with Crippen molar-refractivity contribution >= 4 is 0 Å². The average molecular weight is 317 g/mol. The van der Waals surface area contributed by atoms with Gasteiger partial charge in [-0.3, -0.25) is 0 Å². The van der Waals surface area contributed by atoms with Crippen molar-refractivity contribution in [2.24, 2.45) is 5.73 Å². The maximum absolute atomic E-state index is 12.3. The van der Waals surface area contributed by atoms with Crippen molar-refractivity contribution < 1.29 is 35.8 Å². The standard InChI is InChI=1S/C12H13F6NO2/c1-20-9-3-2-7(4-8(9)5-19)6-21-10(11(13,14)15)12(16,17)18/h2-4,10H,5-6,19H2,1H3. The first-order chi connectivity index (χ1) is 9.59. The van der Waals surface area contributed by atoms with Crippen molar-refractivity contribution in [3.63, 3.8) is 0 Å². The lowest BCUT2D eigenvalue weighted by Gasteiger charge is -2.23. The molecular weight excluding hydrogens is 304 g/mol. The Morgan fingerprint density at radius 2 is 1.67 bits per heavy atom. The summed E-state index contributed by atoms with van der Waals surface area (Å²) in [7, 11) is 1.37. The van der Waals surface area contributed by atoms with E-state index in [1.807, 2.05) is 0 Å². The van der Waals surface area contributed by atoms with Crippen molar-refractivity contribution in [2.75, 3.05) is 7.11 Å². The van der Waals surface area contributed by atoms with Crippen LogP contribution in [-0.2, 0) is 17.9 Å². The molecule has 21 heavy (non-hydrogen) atoms. The third-order valence-electron chi connectivity index (χ3n) is 2.58. The summed E-state index contributed by atoms with van der Waals surface area (Å²) < 4.78 is 82.7. The van der Waals surface area contributed by atoms with E-state index in [1.165, 1.54) is 25.3 Å². The summed E-state index contributed by atoms with van der Waals surface area (Å²) in [5.74, 6) is 0.393. The van der Waals surface area contributed by atoms with Crippen LogP contribution in [0.25, 0.3) is 0 Å². The second-order valence-corrected chi connectivity index (χ2v) is 4.12. The molecule has 0 aliphatic heterocycles. The summed E-state index contributed by atoms with van der Waals surface area (Å²) in [6.45, 7) is -0.820. The summed E-state index contributed by atoms with van der Waals surface area (Å²) in [5, 5.41) is 0. The zero-order chi connectivity index (χ0) is 16.3. The maximum atomic E-state index is 12.3. The van der Waals surface area contributed by atoms with Gasteiger partial charge in [0.25, 0.3) is 0 Å². The van der Waals surface area contributed by atoms with Gasteiger partial charge in [-0.05, 0) is 17.7 Å². The smallest absolute Gasteiger partial charge is 0.423 e. The maximum Gasteiger partial charge on any atom is 0.423 e. The van der Waals surface area contributed by atoms with E-state index in [1.54, 1.807) is 0 Å². The molecule has 0 aromatic heterocycles. The number of hydrogen-bond acceptors (Lipinski definition) is 3. The van der Waals surface area contributed by atoms with Gasteiger partial charge in [-0.25, -0.2) is 0 Å². The molecule has 0 saturated heterocycles. The van der Waals surface area contributed by atoms with Crippen molar-refractivity contribution in [3.8, 4) is 5.75 Å². The van der Waals surface area contributed by atoms with E-state index in [0.717, 1.165) is 0 Å². The molecule has 0 amide bonds. The van der Waals surface area contributed by atoms with Crippen LogP contribution in [0.15, 0.2) is 18.2 Å². The van der Waals surface area contributed by atoms with Crippen LogP contribution in [0.3, 0.4) is 0 Å². The minimum Gasteiger partial charge on any atom is -0.496 e. The predicted molar refractivity (Wildman–Crippen MR) is 61.6 cm³/mol. The normalized spacial score (nSPS) is 12.8. The zero-order valence-electron chi connectivity index (χ0n) is 10.9. The molecule has 0 fully saturated rings. The minimum atomic E-state index is -5.53. The van der Waals surface area contributed by atoms with E-state index < -0.39 is 25.1 Å². The Bertz CT molecular complexity index is 458. The summed E-state index contributed by atoms with van der Waals surface area (Å²) >= 11 is 0. The van der Waals surface area contributed by atoms with Gasteiger partial charge in [-0.1, -0.05) is 6.07 Å². The van der Waals surface area contributed by atoms with E-state index >= 15 is 0 Å². The first-order valence-corrected chi connectivity index (χ1v) is 5.70. The van der Waals surface area contributed by atoms with Crippen LogP contribution in [0.2, 0.25) is 0 Å². The highest BCUT2D eigenvalue weighted by Crippen LogP contribution is 2.36. The highest BCUT2D eigenvalue weighted by Gasteiger charge is 2.57. The van der Waals surface area contributed by atoms with Crippen LogP contribution in [-0.4, -0.2) is 25.6 Å². The van der Waals surface area contributed by atoms with E-state index in [-0.39, 0.29) is 12.1 Å². The molecule has 1 aromatic rings. The summed E-state index contributed by atoms with van der Waals surface area (Å²) in [6.07, 6.45) is -14.9. The molecule has 0 heterocycles. The van der Waals surface area contributed by atoms with Gasteiger partial charge >= 0.3 is 12.4 Å². The van der Waals surface area contributed by atoms with Gasteiger partial charge in [0.15, 0.2) is 0 Å². The monoisotopic (exact) mass is 317 g/mol. The Hall–Kier alpha value is -1.48. The van der Waals surface area contributed by atoms with Gasteiger partial charge < -0.3 is 15.2 Å². The van der Waals surface area contributed by atoms with Crippen LogP contribution >= 0.6 is 0 Å². The molecule has 0 atom stereocenters. The molecule has 2 N–H and O–H groups in total. The second kappa shape index (κ2) is 6.52. The Labute approximate surface area is 116 Å². The summed E-state index contributed by atoms with van der Waals surface area (Å²) in [4.78, 5) is 0. The van der Waals surface area contributed by atoms with Crippen LogP contribution < -0.4 is 10.5 Å². The average Bonchev–Trinajstić information content (AvgIpc) is 2.35. The van der Waals surface area contributed by atoms with Crippen molar-refractivity contribution in [2.45, 2.75) is 31.6 Å². The molecule has 0 bridgehead atoms. The summed E-state index contributed by atoms with van der Waals surface area (Å²) in [5.41, 5.74) is 6.00. The van der Waals surface area contributed by atoms with Gasteiger partial charge in [0, 0.05) is 12.1 Å². The Balaban J connectivity index is 2.86. The first-order valence-electron chi connectivity index (χ1n) is 5.70. The van der Waals surface area contributed by atoms with E-state index in [0.29, 0.717) is 11.3 Å². The second-order valence-electron chi connectivity index (χ2n) is 4.12. The molecule has 0 aliphatic rings. The lowest BCUT2D eigenvalue weighted by molar-refractivity contribution is -0.324. The van der Waals surface area contributed by atoms with Gasteiger partial charge in [0.2, 0.25) is 6.10 Å². The highest BCUT2D eigenvalue weighted by atomic mass is 19.4. The van der Waals surface area contributed by atoms with Crippen molar-refractivity contribution in [1.82, 2.24) is 0 Å². The third kappa shape index (κ3) is 4.78. The molecule has 0 radical (unpaired) electrons. The van der Waals surface area contributed by atoms with Gasteiger partial charge in [0.1, 0.15) is 5.75 Å².